The number of methoxy groups -OCH3 is 5. The lowest BCUT2D eigenvalue weighted by Crippen LogP contribution is -2.50. The highest BCUT2D eigenvalue weighted by molar-refractivity contribution is 5.47. The van der Waals surface area contributed by atoms with Crippen LogP contribution in [0.4, 0.5) is 0 Å². The minimum atomic E-state index is -1.41. The molecule has 0 aromatic heterocycles. The number of ether oxygens (including phenoxy) is 6. The van der Waals surface area contributed by atoms with Crippen molar-refractivity contribution in [1.29, 1.82) is 0 Å². The van der Waals surface area contributed by atoms with Gasteiger partial charge in [-0.15, -0.1) is 0 Å². The summed E-state index contributed by atoms with van der Waals surface area (Å²) in [5, 5.41) is 11.6. The van der Waals surface area contributed by atoms with Gasteiger partial charge in [-0.2, -0.15) is 0 Å². The van der Waals surface area contributed by atoms with Crippen LogP contribution in [-0.4, -0.2) is 46.3 Å². The summed E-state index contributed by atoms with van der Waals surface area (Å²) in [6, 6.07) is 10.9. The first-order valence-corrected chi connectivity index (χ1v) is 9.69. The number of benzene rings is 2. The maximum atomic E-state index is 11.6. The second kappa shape index (κ2) is 8.34. The van der Waals surface area contributed by atoms with Crippen molar-refractivity contribution in [3.05, 3.63) is 47.5 Å². The van der Waals surface area contributed by atoms with Gasteiger partial charge in [0.1, 0.15) is 5.60 Å². The number of hydrogen-bond donors (Lipinski definition) is 1. The number of hydrogen-bond acceptors (Lipinski definition) is 7. The average Bonchev–Trinajstić information content (AvgIpc) is 2.98. The molecular weight excluding hydrogens is 388 g/mol. The van der Waals surface area contributed by atoms with Gasteiger partial charge in [0.25, 0.3) is 0 Å². The Balaban J connectivity index is 2.09. The van der Waals surface area contributed by atoms with E-state index >= 15 is 0 Å². The zero-order valence-corrected chi connectivity index (χ0v) is 18.5. The van der Waals surface area contributed by atoms with Crippen molar-refractivity contribution in [3.63, 3.8) is 0 Å². The third-order valence-electron chi connectivity index (χ3n) is 6.09. The second-order valence-corrected chi connectivity index (χ2v) is 7.48. The summed E-state index contributed by atoms with van der Waals surface area (Å²) in [5.41, 5.74) is 0.126. The molecule has 0 radical (unpaired) electrons. The summed E-state index contributed by atoms with van der Waals surface area (Å²) in [4.78, 5) is 0. The van der Waals surface area contributed by atoms with Gasteiger partial charge < -0.3 is 33.5 Å². The fraction of sp³-hybridized carbons (Fsp3) is 0.478. The lowest BCUT2D eigenvalue weighted by Gasteiger charge is -2.39. The highest BCUT2D eigenvalue weighted by Crippen LogP contribution is 2.57. The van der Waals surface area contributed by atoms with Crippen molar-refractivity contribution in [3.8, 4) is 23.0 Å². The largest absolute Gasteiger partial charge is 0.493 e. The molecule has 3 rings (SSSR count). The fourth-order valence-corrected chi connectivity index (χ4v) is 4.15. The molecule has 1 fully saturated rings. The first-order chi connectivity index (χ1) is 14.3. The molecule has 1 N–H and O–H groups in total. The molecule has 2 aromatic carbocycles. The van der Waals surface area contributed by atoms with Crippen LogP contribution in [0.25, 0.3) is 0 Å². The Kier molecular flexibility index (Phi) is 6.17. The standard InChI is InChI=1S/C23H30O7/c1-14-21(15-8-10-17(25-3)19(12-15)27-5)30-23(29-7,22(14,2)24)16-9-11-18(26-4)20(13-16)28-6/h8-14,21,24H,1-7H3/t14-,21+,22-,23-/m1/s1. The van der Waals surface area contributed by atoms with Gasteiger partial charge in [0.2, 0.25) is 5.79 Å². The number of rotatable bonds is 7. The molecule has 4 atom stereocenters. The molecule has 0 amide bonds. The van der Waals surface area contributed by atoms with Crippen molar-refractivity contribution in [2.24, 2.45) is 5.92 Å². The molecule has 30 heavy (non-hydrogen) atoms. The Labute approximate surface area is 177 Å². The van der Waals surface area contributed by atoms with Crippen LogP contribution in [0.15, 0.2) is 36.4 Å². The van der Waals surface area contributed by atoms with Crippen molar-refractivity contribution in [2.75, 3.05) is 35.5 Å². The normalized spacial score (nSPS) is 28.3. The van der Waals surface area contributed by atoms with Crippen LogP contribution in [0.2, 0.25) is 0 Å². The third-order valence-corrected chi connectivity index (χ3v) is 6.09. The Morgan fingerprint density at radius 1 is 0.800 bits per heavy atom. The smallest absolute Gasteiger partial charge is 0.225 e. The monoisotopic (exact) mass is 418 g/mol. The van der Waals surface area contributed by atoms with Crippen molar-refractivity contribution in [1.82, 2.24) is 0 Å². The molecule has 1 aliphatic rings. The maximum absolute atomic E-state index is 11.6. The van der Waals surface area contributed by atoms with Gasteiger partial charge in [-0.3, -0.25) is 0 Å². The van der Waals surface area contributed by atoms with E-state index in [2.05, 4.69) is 0 Å². The van der Waals surface area contributed by atoms with Crippen LogP contribution in [0.3, 0.4) is 0 Å². The summed E-state index contributed by atoms with van der Waals surface area (Å²) in [7, 11) is 7.82. The molecule has 7 nitrogen and oxygen atoms in total. The molecule has 0 spiro atoms. The number of aliphatic hydroxyl groups is 1. The Morgan fingerprint density at radius 3 is 1.87 bits per heavy atom. The molecule has 1 heterocycles. The lowest BCUT2D eigenvalue weighted by molar-refractivity contribution is -0.286. The topological polar surface area (TPSA) is 75.6 Å². The fourth-order valence-electron chi connectivity index (χ4n) is 4.15. The van der Waals surface area contributed by atoms with Gasteiger partial charge in [-0.1, -0.05) is 13.0 Å². The first-order valence-electron chi connectivity index (χ1n) is 9.69. The summed E-state index contributed by atoms with van der Waals surface area (Å²) in [6.45, 7) is 3.65. The molecule has 0 bridgehead atoms. The molecule has 164 valence electrons. The third kappa shape index (κ3) is 3.27. The lowest BCUT2D eigenvalue weighted by atomic mass is 9.79. The highest BCUT2D eigenvalue weighted by Gasteiger charge is 2.63. The van der Waals surface area contributed by atoms with E-state index < -0.39 is 17.5 Å². The molecule has 0 aliphatic carbocycles. The van der Waals surface area contributed by atoms with Crippen LogP contribution in [0.1, 0.15) is 31.1 Å². The van der Waals surface area contributed by atoms with Gasteiger partial charge in [0.05, 0.1) is 34.5 Å². The predicted molar refractivity (Wildman–Crippen MR) is 111 cm³/mol. The zero-order chi connectivity index (χ0) is 22.1. The van der Waals surface area contributed by atoms with Crippen molar-refractivity contribution < 1.29 is 33.5 Å². The molecule has 1 aliphatic heterocycles. The van der Waals surface area contributed by atoms with E-state index in [0.29, 0.717) is 28.6 Å². The Hall–Kier alpha value is -2.48. The SMILES string of the molecule is COc1ccc([C@H]2O[C@](OC)(c3ccc(OC)c(OC)c3)[C@](C)(O)[C@@H]2C)cc1OC. The predicted octanol–water partition coefficient (Wildman–Crippen LogP) is 3.68. The molecule has 1 saturated heterocycles. The van der Waals surface area contributed by atoms with Crippen LogP contribution in [-0.2, 0) is 15.3 Å². The van der Waals surface area contributed by atoms with Crippen LogP contribution >= 0.6 is 0 Å². The summed E-state index contributed by atoms with van der Waals surface area (Å²) in [5.74, 6) is 0.596. The Morgan fingerprint density at radius 2 is 1.33 bits per heavy atom. The van der Waals surface area contributed by atoms with Gasteiger partial charge in [0, 0.05) is 18.6 Å². The van der Waals surface area contributed by atoms with E-state index in [1.165, 1.54) is 7.11 Å². The maximum Gasteiger partial charge on any atom is 0.225 e. The zero-order valence-electron chi connectivity index (χ0n) is 18.5. The van der Waals surface area contributed by atoms with E-state index in [4.69, 9.17) is 28.4 Å². The first kappa shape index (κ1) is 22.2. The van der Waals surface area contributed by atoms with E-state index in [-0.39, 0.29) is 5.92 Å². The molecular formula is C23H30O7. The van der Waals surface area contributed by atoms with Crippen LogP contribution in [0, 0.1) is 5.92 Å². The highest BCUT2D eigenvalue weighted by atomic mass is 16.7. The van der Waals surface area contributed by atoms with Crippen LogP contribution < -0.4 is 18.9 Å². The Bertz CT molecular complexity index is 895. The van der Waals surface area contributed by atoms with Gasteiger partial charge >= 0.3 is 0 Å². The van der Waals surface area contributed by atoms with Crippen molar-refractivity contribution >= 4 is 0 Å². The molecule has 0 saturated carbocycles. The summed E-state index contributed by atoms with van der Waals surface area (Å²) in [6.07, 6.45) is -0.451. The van der Waals surface area contributed by atoms with Crippen LogP contribution in [0.5, 0.6) is 23.0 Å². The minimum Gasteiger partial charge on any atom is -0.493 e. The second-order valence-electron chi connectivity index (χ2n) is 7.48. The molecule has 2 aromatic rings. The van der Waals surface area contributed by atoms with Gasteiger partial charge in [-0.05, 0) is 42.8 Å². The summed E-state index contributed by atoms with van der Waals surface area (Å²) >= 11 is 0. The van der Waals surface area contributed by atoms with E-state index in [9.17, 15) is 5.11 Å². The molecule has 0 unspecified atom stereocenters. The van der Waals surface area contributed by atoms with E-state index in [0.717, 1.165) is 5.56 Å². The minimum absolute atomic E-state index is 0.302. The van der Waals surface area contributed by atoms with E-state index in [1.807, 2.05) is 31.2 Å². The quantitative estimate of drug-likeness (QED) is 0.735. The average molecular weight is 418 g/mol. The van der Waals surface area contributed by atoms with Gasteiger partial charge in [0.15, 0.2) is 23.0 Å². The van der Waals surface area contributed by atoms with Gasteiger partial charge in [-0.25, -0.2) is 0 Å². The molecule has 7 heteroatoms. The summed E-state index contributed by atoms with van der Waals surface area (Å²) < 4.78 is 33.9. The van der Waals surface area contributed by atoms with Crippen molar-refractivity contribution in [2.45, 2.75) is 31.3 Å². The van der Waals surface area contributed by atoms with E-state index in [1.54, 1.807) is 47.5 Å².